The van der Waals surface area contributed by atoms with Crippen molar-refractivity contribution in [3.63, 3.8) is 0 Å². The molecule has 1 aliphatic rings. The molecule has 0 radical (unpaired) electrons. The van der Waals surface area contributed by atoms with E-state index in [-0.39, 0.29) is 24.2 Å². The van der Waals surface area contributed by atoms with Crippen molar-refractivity contribution in [1.82, 2.24) is 14.5 Å². The molecular weight excluding hydrogens is 266 g/mol. The molecule has 5 heteroatoms. The van der Waals surface area contributed by atoms with Crippen molar-refractivity contribution in [2.45, 2.75) is 44.7 Å². The third kappa shape index (κ3) is 2.73. The van der Waals surface area contributed by atoms with E-state index in [1.807, 2.05) is 24.3 Å². The molecule has 2 aromatic rings. The molecular formula is C16H21N3O2. The summed E-state index contributed by atoms with van der Waals surface area (Å²) in [5.74, 6) is -0.0691. The first-order valence-corrected chi connectivity index (χ1v) is 7.60. The summed E-state index contributed by atoms with van der Waals surface area (Å²) in [7, 11) is 1.74. The number of fused-ring (bicyclic) bond motifs is 1. The molecule has 5 nitrogen and oxygen atoms in total. The number of hydrogen-bond acceptors (Lipinski definition) is 2. The van der Waals surface area contributed by atoms with Gasteiger partial charge in [0.1, 0.15) is 6.54 Å². The third-order valence-electron chi connectivity index (χ3n) is 4.32. The predicted octanol–water partition coefficient (Wildman–Crippen LogP) is 1.79. The molecule has 1 fully saturated rings. The van der Waals surface area contributed by atoms with Crippen molar-refractivity contribution in [3.05, 3.63) is 34.7 Å². The molecule has 1 heterocycles. The number of rotatable bonds is 3. The fourth-order valence-electron chi connectivity index (χ4n) is 3.18. The lowest BCUT2D eigenvalue weighted by Gasteiger charge is -2.22. The van der Waals surface area contributed by atoms with Crippen LogP contribution in [-0.2, 0) is 18.4 Å². The van der Waals surface area contributed by atoms with Crippen molar-refractivity contribution in [3.8, 4) is 0 Å². The number of carbonyl (C=O) groups excluding carboxylic acids is 1. The molecule has 21 heavy (non-hydrogen) atoms. The van der Waals surface area contributed by atoms with Gasteiger partial charge >= 0.3 is 5.69 Å². The molecule has 112 valence electrons. The molecule has 1 saturated carbocycles. The number of benzene rings is 1. The van der Waals surface area contributed by atoms with Gasteiger partial charge in [0, 0.05) is 13.1 Å². The minimum Gasteiger partial charge on any atom is -0.352 e. The summed E-state index contributed by atoms with van der Waals surface area (Å²) in [5, 5.41) is 3.06. The van der Waals surface area contributed by atoms with Crippen LogP contribution in [0.2, 0.25) is 0 Å². The Morgan fingerprint density at radius 3 is 2.57 bits per heavy atom. The SMILES string of the molecule is Cn1c(=O)n(CC(=O)NC2CCCCC2)c2ccccc21. The van der Waals surface area contributed by atoms with Gasteiger partial charge in [0.05, 0.1) is 11.0 Å². The van der Waals surface area contributed by atoms with E-state index in [0.29, 0.717) is 0 Å². The Morgan fingerprint density at radius 2 is 1.86 bits per heavy atom. The Kier molecular flexibility index (Phi) is 3.82. The van der Waals surface area contributed by atoms with Gasteiger partial charge in [0.15, 0.2) is 0 Å². The second-order valence-electron chi connectivity index (χ2n) is 5.82. The largest absolute Gasteiger partial charge is 0.352 e. The first-order valence-electron chi connectivity index (χ1n) is 7.60. The van der Waals surface area contributed by atoms with Gasteiger partial charge in [-0.15, -0.1) is 0 Å². The zero-order chi connectivity index (χ0) is 14.8. The predicted molar refractivity (Wildman–Crippen MR) is 82.2 cm³/mol. The summed E-state index contributed by atoms with van der Waals surface area (Å²) < 4.78 is 3.14. The number of hydrogen-bond donors (Lipinski definition) is 1. The average molecular weight is 287 g/mol. The topological polar surface area (TPSA) is 56.0 Å². The van der Waals surface area contributed by atoms with Crippen LogP contribution in [0.25, 0.3) is 11.0 Å². The minimum atomic E-state index is -0.144. The van der Waals surface area contributed by atoms with Crippen LogP contribution in [0, 0.1) is 0 Å². The summed E-state index contributed by atoms with van der Waals surface area (Å²) in [6.45, 7) is 0.0939. The fraction of sp³-hybridized carbons (Fsp3) is 0.500. The van der Waals surface area contributed by atoms with Gasteiger partial charge in [-0.05, 0) is 25.0 Å². The van der Waals surface area contributed by atoms with Crippen LogP contribution in [0.3, 0.4) is 0 Å². The first kappa shape index (κ1) is 13.9. The summed E-state index contributed by atoms with van der Waals surface area (Å²) in [4.78, 5) is 24.5. The first-order chi connectivity index (χ1) is 10.2. The van der Waals surface area contributed by atoms with E-state index in [9.17, 15) is 9.59 Å². The lowest BCUT2D eigenvalue weighted by atomic mass is 9.95. The van der Waals surface area contributed by atoms with Crippen LogP contribution < -0.4 is 11.0 Å². The number of amides is 1. The molecule has 0 spiro atoms. The molecule has 0 bridgehead atoms. The van der Waals surface area contributed by atoms with Crippen molar-refractivity contribution >= 4 is 16.9 Å². The number of nitrogens with zero attached hydrogens (tertiary/aromatic N) is 2. The summed E-state index contributed by atoms with van der Waals surface area (Å²) in [5.41, 5.74) is 1.52. The highest BCUT2D eigenvalue weighted by Crippen LogP contribution is 2.17. The Bertz CT molecular complexity index is 708. The van der Waals surface area contributed by atoms with E-state index in [1.165, 1.54) is 19.3 Å². The number of aromatic nitrogens is 2. The van der Waals surface area contributed by atoms with E-state index in [0.717, 1.165) is 23.9 Å². The van der Waals surface area contributed by atoms with Crippen molar-refractivity contribution in [1.29, 1.82) is 0 Å². The number of aryl methyl sites for hydroxylation is 1. The van der Waals surface area contributed by atoms with Crippen LogP contribution in [0.15, 0.2) is 29.1 Å². The minimum absolute atomic E-state index is 0.0691. The maximum absolute atomic E-state index is 12.3. The van der Waals surface area contributed by atoms with Crippen LogP contribution in [0.1, 0.15) is 32.1 Å². The highest BCUT2D eigenvalue weighted by atomic mass is 16.2. The van der Waals surface area contributed by atoms with Gasteiger partial charge in [0.25, 0.3) is 0 Å². The molecule has 1 aromatic heterocycles. The second-order valence-corrected chi connectivity index (χ2v) is 5.82. The lowest BCUT2D eigenvalue weighted by molar-refractivity contribution is -0.122. The lowest BCUT2D eigenvalue weighted by Crippen LogP contribution is -2.39. The molecule has 1 N–H and O–H groups in total. The zero-order valence-corrected chi connectivity index (χ0v) is 12.3. The molecule has 3 rings (SSSR count). The van der Waals surface area contributed by atoms with Gasteiger partial charge < -0.3 is 5.32 Å². The molecule has 0 unspecified atom stereocenters. The van der Waals surface area contributed by atoms with Gasteiger partial charge in [-0.3, -0.25) is 13.9 Å². The second kappa shape index (κ2) is 5.76. The number of imidazole rings is 1. The van der Waals surface area contributed by atoms with Crippen molar-refractivity contribution < 1.29 is 4.79 Å². The summed E-state index contributed by atoms with van der Waals surface area (Å²) in [6, 6.07) is 7.83. The normalized spacial score (nSPS) is 16.2. The maximum atomic E-state index is 12.3. The Morgan fingerprint density at radius 1 is 1.19 bits per heavy atom. The smallest absolute Gasteiger partial charge is 0.329 e. The fourth-order valence-corrected chi connectivity index (χ4v) is 3.18. The summed E-state index contributed by atoms with van der Waals surface area (Å²) in [6.07, 6.45) is 5.72. The Labute approximate surface area is 123 Å². The average Bonchev–Trinajstić information content (AvgIpc) is 2.74. The standard InChI is InChI=1S/C16H21N3O2/c1-18-13-9-5-6-10-14(13)19(16(18)21)11-15(20)17-12-7-3-2-4-8-12/h5-6,9-10,12H,2-4,7-8,11H2,1H3,(H,17,20). The Hall–Kier alpha value is -2.04. The Balaban J connectivity index is 1.80. The highest BCUT2D eigenvalue weighted by molar-refractivity contribution is 5.81. The number of nitrogens with one attached hydrogen (secondary N) is 1. The molecule has 1 amide bonds. The van der Waals surface area contributed by atoms with Crippen LogP contribution in [0.5, 0.6) is 0 Å². The van der Waals surface area contributed by atoms with E-state index < -0.39 is 0 Å². The van der Waals surface area contributed by atoms with Gasteiger partial charge in [-0.2, -0.15) is 0 Å². The van der Waals surface area contributed by atoms with E-state index in [4.69, 9.17) is 0 Å². The van der Waals surface area contributed by atoms with Gasteiger partial charge in [0.2, 0.25) is 5.91 Å². The highest BCUT2D eigenvalue weighted by Gasteiger charge is 2.18. The molecule has 0 atom stereocenters. The molecule has 1 aromatic carbocycles. The van der Waals surface area contributed by atoms with Gasteiger partial charge in [-0.25, -0.2) is 4.79 Å². The van der Waals surface area contributed by atoms with E-state index >= 15 is 0 Å². The monoisotopic (exact) mass is 287 g/mol. The van der Waals surface area contributed by atoms with Crippen molar-refractivity contribution in [2.75, 3.05) is 0 Å². The van der Waals surface area contributed by atoms with Crippen molar-refractivity contribution in [2.24, 2.45) is 7.05 Å². The number of carbonyl (C=O) groups is 1. The molecule has 1 aliphatic carbocycles. The van der Waals surface area contributed by atoms with Crippen LogP contribution in [-0.4, -0.2) is 21.1 Å². The zero-order valence-electron chi connectivity index (χ0n) is 12.3. The summed E-state index contributed by atoms with van der Waals surface area (Å²) >= 11 is 0. The quantitative estimate of drug-likeness (QED) is 0.935. The van der Waals surface area contributed by atoms with E-state index in [1.54, 1.807) is 16.2 Å². The van der Waals surface area contributed by atoms with Crippen LogP contribution >= 0.6 is 0 Å². The maximum Gasteiger partial charge on any atom is 0.329 e. The number of para-hydroxylation sites is 2. The molecule has 0 saturated heterocycles. The van der Waals surface area contributed by atoms with E-state index in [2.05, 4.69) is 5.32 Å². The van der Waals surface area contributed by atoms with Crippen LogP contribution in [0.4, 0.5) is 0 Å². The van der Waals surface area contributed by atoms with Gasteiger partial charge in [-0.1, -0.05) is 31.4 Å². The molecule has 0 aliphatic heterocycles. The third-order valence-corrected chi connectivity index (χ3v) is 4.32.